The van der Waals surface area contributed by atoms with Crippen molar-refractivity contribution >= 4 is 23.5 Å². The lowest BCUT2D eigenvalue weighted by atomic mass is 9.92. The minimum Gasteiger partial charge on any atom is -0.381 e. The summed E-state index contributed by atoms with van der Waals surface area (Å²) in [6.45, 7) is 4.31. The Morgan fingerprint density at radius 2 is 2.04 bits per heavy atom. The molecule has 0 bridgehead atoms. The monoisotopic (exact) mass is 379 g/mol. The first-order valence-corrected chi connectivity index (χ1v) is 9.56. The Balaban J connectivity index is 1.60. The number of likely N-dealkylation sites (tertiary alicyclic amines) is 1. The molecule has 6 nitrogen and oxygen atoms in total. The highest BCUT2D eigenvalue weighted by Crippen LogP contribution is 2.30. The normalized spacial score (nSPS) is 22.1. The van der Waals surface area contributed by atoms with Gasteiger partial charge in [-0.2, -0.15) is 0 Å². The second-order valence-corrected chi connectivity index (χ2v) is 7.49. The zero-order valence-corrected chi connectivity index (χ0v) is 15.8. The maximum absolute atomic E-state index is 12.6. The zero-order valence-electron chi connectivity index (χ0n) is 15.0. The van der Waals surface area contributed by atoms with Crippen LogP contribution in [0.4, 0.5) is 4.79 Å². The summed E-state index contributed by atoms with van der Waals surface area (Å²) >= 11 is 6.14. The average molecular weight is 380 g/mol. The summed E-state index contributed by atoms with van der Waals surface area (Å²) in [5.74, 6) is 0.328. The molecule has 2 saturated heterocycles. The van der Waals surface area contributed by atoms with E-state index in [0.29, 0.717) is 31.3 Å². The number of nitrogens with one attached hydrogen (secondary N) is 2. The first-order valence-electron chi connectivity index (χ1n) is 9.18. The smallest absolute Gasteiger partial charge is 0.315 e. The number of hydrogen-bond acceptors (Lipinski definition) is 3. The van der Waals surface area contributed by atoms with E-state index in [-0.39, 0.29) is 29.9 Å². The molecule has 1 aromatic carbocycles. The molecular formula is C19H26ClN3O3. The van der Waals surface area contributed by atoms with Gasteiger partial charge in [0, 0.05) is 43.6 Å². The van der Waals surface area contributed by atoms with Crippen LogP contribution in [0.1, 0.15) is 37.8 Å². The molecule has 0 radical (unpaired) electrons. The fourth-order valence-electron chi connectivity index (χ4n) is 3.70. The quantitative estimate of drug-likeness (QED) is 0.845. The minimum atomic E-state index is -0.178. The van der Waals surface area contributed by atoms with Gasteiger partial charge in [-0.05, 0) is 37.0 Å². The molecular weight excluding hydrogens is 354 g/mol. The Labute approximate surface area is 159 Å². The molecule has 7 heteroatoms. The lowest BCUT2D eigenvalue weighted by Gasteiger charge is -2.32. The third-order valence-electron chi connectivity index (χ3n) is 5.21. The summed E-state index contributed by atoms with van der Waals surface area (Å²) in [6.07, 6.45) is 2.47. The highest BCUT2D eigenvalue weighted by molar-refractivity contribution is 6.30. The van der Waals surface area contributed by atoms with Crippen LogP contribution in [0, 0.1) is 5.92 Å². The molecule has 0 unspecified atom stereocenters. The Hall–Kier alpha value is -1.79. The predicted molar refractivity (Wildman–Crippen MR) is 100 cm³/mol. The Bertz CT molecular complexity index is 641. The number of urea groups is 1. The van der Waals surface area contributed by atoms with Crippen molar-refractivity contribution in [1.82, 2.24) is 15.5 Å². The van der Waals surface area contributed by atoms with Gasteiger partial charge in [-0.25, -0.2) is 4.79 Å². The van der Waals surface area contributed by atoms with Crippen LogP contribution >= 0.6 is 11.6 Å². The number of rotatable bonds is 4. The van der Waals surface area contributed by atoms with Crippen molar-refractivity contribution < 1.29 is 14.3 Å². The van der Waals surface area contributed by atoms with E-state index in [1.54, 1.807) is 6.92 Å². The van der Waals surface area contributed by atoms with Crippen molar-refractivity contribution in [2.24, 2.45) is 5.92 Å². The van der Waals surface area contributed by atoms with Gasteiger partial charge >= 0.3 is 6.03 Å². The van der Waals surface area contributed by atoms with Gasteiger partial charge in [0.25, 0.3) is 0 Å². The third-order valence-corrected chi connectivity index (χ3v) is 5.44. The molecule has 0 spiro atoms. The van der Waals surface area contributed by atoms with E-state index < -0.39 is 0 Å². The molecule has 2 atom stereocenters. The predicted octanol–water partition coefficient (Wildman–Crippen LogP) is 2.73. The summed E-state index contributed by atoms with van der Waals surface area (Å²) in [4.78, 5) is 25.8. The summed E-state index contributed by atoms with van der Waals surface area (Å²) in [5, 5.41) is 6.83. The van der Waals surface area contributed by atoms with E-state index in [1.807, 2.05) is 29.2 Å². The summed E-state index contributed by atoms with van der Waals surface area (Å²) in [6, 6.07) is 7.40. The summed E-state index contributed by atoms with van der Waals surface area (Å²) in [5.41, 5.74) is 0.995. The van der Waals surface area contributed by atoms with Crippen LogP contribution in [0.2, 0.25) is 5.02 Å². The largest absolute Gasteiger partial charge is 0.381 e. The van der Waals surface area contributed by atoms with E-state index in [1.165, 1.54) is 0 Å². The molecule has 3 amide bonds. The van der Waals surface area contributed by atoms with Gasteiger partial charge in [0.05, 0.1) is 12.6 Å². The Kier molecular flexibility index (Phi) is 6.38. The van der Waals surface area contributed by atoms with Crippen LogP contribution in [-0.2, 0) is 9.53 Å². The van der Waals surface area contributed by atoms with Crippen LogP contribution in [0.15, 0.2) is 24.3 Å². The molecule has 0 aromatic heterocycles. The lowest BCUT2D eigenvalue weighted by Crippen LogP contribution is -2.50. The van der Waals surface area contributed by atoms with Crippen LogP contribution in [0.25, 0.3) is 0 Å². The molecule has 2 heterocycles. The van der Waals surface area contributed by atoms with Gasteiger partial charge in [0.2, 0.25) is 5.91 Å². The van der Waals surface area contributed by atoms with Gasteiger partial charge in [0.15, 0.2) is 0 Å². The van der Waals surface area contributed by atoms with Crippen molar-refractivity contribution in [3.63, 3.8) is 0 Å². The highest BCUT2D eigenvalue weighted by Gasteiger charge is 2.29. The molecule has 26 heavy (non-hydrogen) atoms. The molecule has 2 aliphatic heterocycles. The fraction of sp³-hybridized carbons (Fsp3) is 0.579. The second-order valence-electron chi connectivity index (χ2n) is 7.05. The number of ether oxygens (including phenoxy) is 1. The number of nitrogens with zero attached hydrogens (tertiary/aromatic N) is 1. The molecule has 2 fully saturated rings. The standard InChI is InChI=1S/C19H26ClN3O3/c1-13(24)23-8-5-17(6-9-23)21-19(25)22-18(15-7-10-26-12-15)14-3-2-4-16(20)11-14/h2-4,11,15,17-18H,5-10,12H2,1H3,(H2,21,22,25)/t15-,18-/m1/s1. The number of carbonyl (C=O) groups excluding carboxylic acids is 2. The van der Waals surface area contributed by atoms with Gasteiger partial charge < -0.3 is 20.3 Å². The van der Waals surface area contributed by atoms with Crippen molar-refractivity contribution in [2.75, 3.05) is 26.3 Å². The SMILES string of the molecule is CC(=O)N1CCC(NC(=O)N[C@H](c2cccc(Cl)c2)[C@@H]2CCOC2)CC1. The maximum Gasteiger partial charge on any atom is 0.315 e. The van der Waals surface area contributed by atoms with E-state index in [4.69, 9.17) is 16.3 Å². The Morgan fingerprint density at radius 3 is 2.65 bits per heavy atom. The number of piperidine rings is 1. The molecule has 2 N–H and O–H groups in total. The number of amides is 3. The number of halogens is 1. The summed E-state index contributed by atoms with van der Waals surface area (Å²) in [7, 11) is 0. The minimum absolute atomic E-state index is 0.0884. The molecule has 142 valence electrons. The molecule has 1 aromatic rings. The second kappa shape index (κ2) is 8.73. The first kappa shape index (κ1) is 19.0. The van der Waals surface area contributed by atoms with Crippen molar-refractivity contribution in [2.45, 2.75) is 38.3 Å². The number of benzene rings is 1. The van der Waals surface area contributed by atoms with E-state index in [9.17, 15) is 9.59 Å². The van der Waals surface area contributed by atoms with Crippen LogP contribution < -0.4 is 10.6 Å². The van der Waals surface area contributed by atoms with Crippen molar-refractivity contribution in [3.05, 3.63) is 34.9 Å². The third kappa shape index (κ3) is 4.89. The van der Waals surface area contributed by atoms with Gasteiger partial charge in [0.1, 0.15) is 0 Å². The van der Waals surface area contributed by atoms with E-state index in [2.05, 4.69) is 10.6 Å². The topological polar surface area (TPSA) is 70.7 Å². The summed E-state index contributed by atoms with van der Waals surface area (Å²) < 4.78 is 5.51. The van der Waals surface area contributed by atoms with Crippen LogP contribution in [0.3, 0.4) is 0 Å². The average Bonchev–Trinajstić information content (AvgIpc) is 3.14. The lowest BCUT2D eigenvalue weighted by molar-refractivity contribution is -0.129. The highest BCUT2D eigenvalue weighted by atomic mass is 35.5. The van der Waals surface area contributed by atoms with Gasteiger partial charge in [-0.1, -0.05) is 23.7 Å². The molecule has 2 aliphatic rings. The fourth-order valence-corrected chi connectivity index (χ4v) is 3.89. The van der Waals surface area contributed by atoms with E-state index >= 15 is 0 Å². The van der Waals surface area contributed by atoms with Crippen LogP contribution in [-0.4, -0.2) is 49.2 Å². The van der Waals surface area contributed by atoms with Gasteiger partial charge in [-0.15, -0.1) is 0 Å². The van der Waals surface area contributed by atoms with Crippen molar-refractivity contribution in [1.29, 1.82) is 0 Å². The Morgan fingerprint density at radius 1 is 1.27 bits per heavy atom. The molecule has 3 rings (SSSR count). The first-order chi connectivity index (χ1) is 12.5. The van der Waals surface area contributed by atoms with Gasteiger partial charge in [-0.3, -0.25) is 4.79 Å². The molecule has 0 saturated carbocycles. The number of hydrogen-bond donors (Lipinski definition) is 2. The maximum atomic E-state index is 12.6. The van der Waals surface area contributed by atoms with E-state index in [0.717, 1.165) is 24.8 Å². The van der Waals surface area contributed by atoms with Crippen LogP contribution in [0.5, 0.6) is 0 Å². The number of carbonyl (C=O) groups is 2. The van der Waals surface area contributed by atoms with Crippen molar-refractivity contribution in [3.8, 4) is 0 Å². The molecule has 0 aliphatic carbocycles. The zero-order chi connectivity index (χ0) is 18.5.